The molecular formula is C20H19FN4O5S. The van der Waals surface area contributed by atoms with Crippen LogP contribution in [0.25, 0.3) is 10.2 Å². The van der Waals surface area contributed by atoms with Crippen LogP contribution in [-0.4, -0.2) is 61.1 Å². The van der Waals surface area contributed by atoms with Gasteiger partial charge in [-0.15, -0.1) is 0 Å². The van der Waals surface area contributed by atoms with E-state index < -0.39 is 10.8 Å². The number of nitro benzene ring substituents is 1. The summed E-state index contributed by atoms with van der Waals surface area (Å²) in [6.45, 7) is 1.66. The van der Waals surface area contributed by atoms with Gasteiger partial charge in [-0.3, -0.25) is 14.9 Å². The fourth-order valence-corrected chi connectivity index (χ4v) is 4.53. The second kappa shape index (κ2) is 8.34. The topological polar surface area (TPSA) is 98.0 Å². The normalized spacial score (nSPS) is 14.0. The van der Waals surface area contributed by atoms with E-state index in [1.807, 2.05) is 11.0 Å². The lowest BCUT2D eigenvalue weighted by Crippen LogP contribution is -2.48. The number of methoxy groups -OCH3 is 2. The van der Waals surface area contributed by atoms with Crippen LogP contribution in [0.1, 0.15) is 10.4 Å². The van der Waals surface area contributed by atoms with E-state index in [9.17, 15) is 19.3 Å². The van der Waals surface area contributed by atoms with E-state index in [1.54, 1.807) is 11.0 Å². The zero-order valence-corrected chi connectivity index (χ0v) is 17.6. The standard InChI is InChI=1S/C20H19FN4O5S/c1-29-15-10-12(14(25(27)28)11-16(15)30-2)19(26)23-6-8-24(9-7-23)20-22-18-13(21)4-3-5-17(18)31-20/h3-5,10-11H,6-9H2,1-2H3. The molecule has 0 saturated carbocycles. The summed E-state index contributed by atoms with van der Waals surface area (Å²) >= 11 is 1.39. The summed E-state index contributed by atoms with van der Waals surface area (Å²) in [4.78, 5) is 31.9. The van der Waals surface area contributed by atoms with Crippen LogP contribution in [-0.2, 0) is 0 Å². The van der Waals surface area contributed by atoms with Crippen LogP contribution in [0, 0.1) is 15.9 Å². The third kappa shape index (κ3) is 3.83. The number of benzene rings is 2. The second-order valence-corrected chi connectivity index (χ2v) is 7.85. The first-order chi connectivity index (χ1) is 14.9. The highest BCUT2D eigenvalue weighted by Crippen LogP contribution is 2.35. The Morgan fingerprint density at radius 3 is 2.45 bits per heavy atom. The molecule has 11 heteroatoms. The van der Waals surface area contributed by atoms with Crippen molar-refractivity contribution in [2.45, 2.75) is 0 Å². The van der Waals surface area contributed by atoms with Crippen molar-refractivity contribution in [1.82, 2.24) is 9.88 Å². The number of carbonyl (C=O) groups excluding carboxylic acids is 1. The molecular weight excluding hydrogens is 427 g/mol. The Hall–Kier alpha value is -3.47. The van der Waals surface area contributed by atoms with Crippen molar-refractivity contribution >= 4 is 38.3 Å². The van der Waals surface area contributed by atoms with Crippen molar-refractivity contribution in [3.05, 3.63) is 51.8 Å². The lowest BCUT2D eigenvalue weighted by molar-refractivity contribution is -0.385. The van der Waals surface area contributed by atoms with Crippen LogP contribution >= 0.6 is 11.3 Å². The maximum absolute atomic E-state index is 13.9. The Kier molecular flexibility index (Phi) is 5.59. The minimum atomic E-state index is -0.610. The summed E-state index contributed by atoms with van der Waals surface area (Å²) in [6, 6.07) is 7.36. The Balaban J connectivity index is 1.54. The molecule has 9 nitrogen and oxygen atoms in total. The largest absolute Gasteiger partial charge is 0.493 e. The molecule has 1 amide bonds. The third-order valence-electron chi connectivity index (χ3n) is 5.12. The molecule has 1 fully saturated rings. The zero-order chi connectivity index (χ0) is 22.1. The highest BCUT2D eigenvalue weighted by atomic mass is 32.1. The van der Waals surface area contributed by atoms with E-state index in [0.29, 0.717) is 36.8 Å². The van der Waals surface area contributed by atoms with Gasteiger partial charge >= 0.3 is 0 Å². The number of carbonyl (C=O) groups is 1. The van der Waals surface area contributed by atoms with Gasteiger partial charge in [0.15, 0.2) is 16.6 Å². The van der Waals surface area contributed by atoms with Crippen molar-refractivity contribution in [3.8, 4) is 11.5 Å². The lowest BCUT2D eigenvalue weighted by Gasteiger charge is -2.34. The molecule has 1 saturated heterocycles. The summed E-state index contributed by atoms with van der Waals surface area (Å²) in [5.74, 6) is -0.401. The van der Waals surface area contributed by atoms with E-state index >= 15 is 0 Å². The van der Waals surface area contributed by atoms with Gasteiger partial charge in [0, 0.05) is 32.2 Å². The van der Waals surface area contributed by atoms with Gasteiger partial charge in [0.1, 0.15) is 16.9 Å². The molecule has 2 aromatic carbocycles. The molecule has 4 rings (SSSR count). The zero-order valence-electron chi connectivity index (χ0n) is 16.8. The number of piperazine rings is 1. The van der Waals surface area contributed by atoms with Gasteiger partial charge in [0.05, 0.1) is 29.9 Å². The van der Waals surface area contributed by atoms with Crippen LogP contribution in [0.15, 0.2) is 30.3 Å². The minimum absolute atomic E-state index is 0.0573. The van der Waals surface area contributed by atoms with E-state index in [0.717, 1.165) is 4.70 Å². The first-order valence-electron chi connectivity index (χ1n) is 9.42. The van der Waals surface area contributed by atoms with Gasteiger partial charge in [-0.2, -0.15) is 0 Å². The number of anilines is 1. The van der Waals surface area contributed by atoms with Crippen LogP contribution in [0.5, 0.6) is 11.5 Å². The number of amides is 1. The molecule has 0 atom stereocenters. The molecule has 0 aliphatic carbocycles. The van der Waals surface area contributed by atoms with Gasteiger partial charge < -0.3 is 19.3 Å². The number of rotatable bonds is 5. The Morgan fingerprint density at radius 1 is 1.16 bits per heavy atom. The van der Waals surface area contributed by atoms with Gasteiger partial charge in [-0.1, -0.05) is 17.4 Å². The predicted octanol–water partition coefficient (Wildman–Crippen LogP) is 3.32. The number of aromatic nitrogens is 1. The van der Waals surface area contributed by atoms with Crippen LogP contribution < -0.4 is 14.4 Å². The molecule has 1 aliphatic heterocycles. The van der Waals surface area contributed by atoms with Crippen molar-refractivity contribution < 1.29 is 23.6 Å². The number of para-hydroxylation sites is 1. The summed E-state index contributed by atoms with van der Waals surface area (Å²) in [7, 11) is 2.77. The van der Waals surface area contributed by atoms with Gasteiger partial charge in [0.2, 0.25) is 0 Å². The van der Waals surface area contributed by atoms with Crippen LogP contribution in [0.4, 0.5) is 15.2 Å². The van der Waals surface area contributed by atoms with E-state index in [4.69, 9.17) is 9.47 Å². The van der Waals surface area contributed by atoms with Crippen molar-refractivity contribution in [1.29, 1.82) is 0 Å². The fraction of sp³-hybridized carbons (Fsp3) is 0.300. The number of halogens is 1. The van der Waals surface area contributed by atoms with Gasteiger partial charge in [-0.25, -0.2) is 9.37 Å². The molecule has 1 aromatic heterocycles. The van der Waals surface area contributed by atoms with Crippen molar-refractivity contribution in [3.63, 3.8) is 0 Å². The first kappa shape index (κ1) is 20.8. The molecule has 0 unspecified atom stereocenters. The van der Waals surface area contributed by atoms with E-state index in [1.165, 1.54) is 43.8 Å². The fourth-order valence-electron chi connectivity index (χ4n) is 3.50. The molecule has 2 heterocycles. The summed E-state index contributed by atoms with van der Waals surface area (Å²) in [6.07, 6.45) is 0. The number of fused-ring (bicyclic) bond motifs is 1. The van der Waals surface area contributed by atoms with Gasteiger partial charge in [-0.05, 0) is 12.1 Å². The highest BCUT2D eigenvalue weighted by molar-refractivity contribution is 7.22. The summed E-state index contributed by atoms with van der Waals surface area (Å²) in [5, 5.41) is 12.2. The highest BCUT2D eigenvalue weighted by Gasteiger charge is 2.30. The van der Waals surface area contributed by atoms with E-state index in [-0.39, 0.29) is 28.6 Å². The molecule has 0 spiro atoms. The summed E-state index contributed by atoms with van der Waals surface area (Å²) < 4.78 is 25.0. The molecule has 0 N–H and O–H groups in total. The maximum atomic E-state index is 13.9. The van der Waals surface area contributed by atoms with Crippen LogP contribution in [0.2, 0.25) is 0 Å². The SMILES string of the molecule is COc1cc(C(=O)N2CCN(c3nc4c(F)cccc4s3)CC2)c([N+](=O)[O-])cc1OC. The molecule has 0 bridgehead atoms. The van der Waals surface area contributed by atoms with Crippen molar-refractivity contribution in [2.24, 2.45) is 0 Å². The minimum Gasteiger partial charge on any atom is -0.493 e. The number of hydrogen-bond donors (Lipinski definition) is 0. The smallest absolute Gasteiger partial charge is 0.286 e. The number of hydrogen-bond acceptors (Lipinski definition) is 8. The third-order valence-corrected chi connectivity index (χ3v) is 6.21. The molecule has 0 radical (unpaired) electrons. The first-order valence-corrected chi connectivity index (χ1v) is 10.2. The maximum Gasteiger partial charge on any atom is 0.286 e. The molecule has 162 valence electrons. The predicted molar refractivity (Wildman–Crippen MR) is 114 cm³/mol. The molecule has 31 heavy (non-hydrogen) atoms. The average Bonchev–Trinajstić information content (AvgIpc) is 3.23. The van der Waals surface area contributed by atoms with E-state index in [2.05, 4.69) is 4.98 Å². The molecule has 1 aliphatic rings. The Bertz CT molecular complexity index is 1160. The summed E-state index contributed by atoms with van der Waals surface area (Å²) in [5.41, 5.74) is -0.0631. The Morgan fingerprint density at radius 2 is 1.84 bits per heavy atom. The van der Waals surface area contributed by atoms with Crippen molar-refractivity contribution in [2.75, 3.05) is 45.3 Å². The average molecular weight is 446 g/mol. The monoisotopic (exact) mass is 446 g/mol. The molecule has 3 aromatic rings. The Labute approximate surface area is 180 Å². The van der Waals surface area contributed by atoms with Gasteiger partial charge in [0.25, 0.3) is 11.6 Å². The second-order valence-electron chi connectivity index (χ2n) is 6.84. The number of nitro groups is 1. The quantitative estimate of drug-likeness (QED) is 0.438. The van der Waals surface area contributed by atoms with Crippen LogP contribution in [0.3, 0.4) is 0 Å². The lowest BCUT2D eigenvalue weighted by atomic mass is 10.1. The number of nitrogens with zero attached hydrogens (tertiary/aromatic N) is 4. The number of thiazole rings is 1. The number of ether oxygens (including phenoxy) is 2.